The van der Waals surface area contributed by atoms with Crippen LogP contribution < -0.4 is 11.1 Å². The van der Waals surface area contributed by atoms with Gasteiger partial charge in [0.25, 0.3) is 0 Å². The lowest BCUT2D eigenvalue weighted by Gasteiger charge is -2.23. The summed E-state index contributed by atoms with van der Waals surface area (Å²) in [6, 6.07) is 0. The first-order chi connectivity index (χ1) is 9.02. The topological polar surface area (TPSA) is 81.2 Å². The Balaban J connectivity index is 1.88. The summed E-state index contributed by atoms with van der Waals surface area (Å²) in [4.78, 5) is 15.6. The highest BCUT2D eigenvalue weighted by atomic mass is 16.3. The number of anilines is 1. The molecule has 2 atom stereocenters. The second-order valence-electron chi connectivity index (χ2n) is 5.44. The van der Waals surface area contributed by atoms with Gasteiger partial charge >= 0.3 is 0 Å². The molecule has 0 bridgehead atoms. The molecule has 2 aliphatic rings. The lowest BCUT2D eigenvalue weighted by Crippen LogP contribution is -2.38. The van der Waals surface area contributed by atoms with E-state index in [1.54, 1.807) is 12.2 Å². The second-order valence-corrected chi connectivity index (χ2v) is 5.44. The summed E-state index contributed by atoms with van der Waals surface area (Å²) in [7, 11) is 0. The molecule has 2 aliphatic carbocycles. The Bertz CT molecular complexity index is 602. The number of nitrogens with zero attached hydrogens (tertiary/aromatic N) is 1. The average Bonchev–Trinajstić information content (AvgIpc) is 2.74. The highest BCUT2D eigenvalue weighted by Gasteiger charge is 2.67. The lowest BCUT2D eigenvalue weighted by molar-refractivity contribution is -0.111. The number of carbonyl (C=O) groups is 1. The van der Waals surface area contributed by atoms with Gasteiger partial charge in [-0.05, 0) is 31.9 Å². The van der Waals surface area contributed by atoms with Crippen molar-refractivity contribution in [1.29, 1.82) is 0 Å². The zero-order valence-electron chi connectivity index (χ0n) is 11.1. The zero-order chi connectivity index (χ0) is 13.7. The smallest absolute Gasteiger partial charge is 0.201 e. The van der Waals surface area contributed by atoms with Gasteiger partial charge in [0, 0.05) is 0 Å². The fourth-order valence-corrected chi connectivity index (χ4v) is 3.07. The van der Waals surface area contributed by atoms with Gasteiger partial charge in [-0.1, -0.05) is 13.0 Å². The van der Waals surface area contributed by atoms with Crippen molar-refractivity contribution in [3.63, 3.8) is 0 Å². The van der Waals surface area contributed by atoms with Gasteiger partial charge in [0.1, 0.15) is 0 Å². The molecule has 19 heavy (non-hydrogen) atoms. The summed E-state index contributed by atoms with van der Waals surface area (Å²) >= 11 is 0. The van der Waals surface area contributed by atoms with Crippen LogP contribution in [-0.2, 0) is 10.2 Å². The molecule has 0 radical (unpaired) electrons. The molecule has 1 aromatic rings. The van der Waals surface area contributed by atoms with E-state index in [1.165, 1.54) is 6.39 Å². The molecule has 5 heteroatoms. The maximum Gasteiger partial charge on any atom is 0.201 e. The Morgan fingerprint density at radius 2 is 2.37 bits per heavy atom. The Kier molecular flexibility index (Phi) is 2.36. The number of rotatable bonds is 4. The van der Waals surface area contributed by atoms with Gasteiger partial charge in [0.2, 0.25) is 5.78 Å². The lowest BCUT2D eigenvalue weighted by atomic mass is 9.96. The van der Waals surface area contributed by atoms with E-state index in [-0.39, 0.29) is 16.7 Å². The third-order valence-corrected chi connectivity index (χ3v) is 4.44. The molecule has 0 aromatic carbocycles. The van der Waals surface area contributed by atoms with Crippen molar-refractivity contribution in [1.82, 2.24) is 10.3 Å². The maximum atomic E-state index is 11.7. The zero-order valence-corrected chi connectivity index (χ0v) is 11.1. The number of carbonyl (C=O) groups excluding carboxylic acids is 1. The van der Waals surface area contributed by atoms with Gasteiger partial charge in [0.05, 0.1) is 16.7 Å². The summed E-state index contributed by atoms with van der Waals surface area (Å²) in [5.41, 5.74) is 6.09. The van der Waals surface area contributed by atoms with Crippen molar-refractivity contribution in [2.45, 2.75) is 37.6 Å². The molecule has 0 amide bonds. The van der Waals surface area contributed by atoms with Crippen LogP contribution in [0, 0.1) is 0 Å². The fourth-order valence-electron chi connectivity index (χ4n) is 3.07. The van der Waals surface area contributed by atoms with Crippen LogP contribution >= 0.6 is 0 Å². The summed E-state index contributed by atoms with van der Waals surface area (Å²) in [6.07, 6.45) is 8.26. The predicted octanol–water partition coefficient (Wildman–Crippen LogP) is 1.68. The minimum atomic E-state index is -0.216. The Morgan fingerprint density at radius 3 is 2.89 bits per heavy atom. The molecular formula is C14H17N3O2. The van der Waals surface area contributed by atoms with E-state index < -0.39 is 0 Å². The van der Waals surface area contributed by atoms with Gasteiger partial charge < -0.3 is 15.5 Å². The van der Waals surface area contributed by atoms with Crippen LogP contribution in [0.3, 0.4) is 0 Å². The number of nitrogens with two attached hydrogens (primary N) is 1. The summed E-state index contributed by atoms with van der Waals surface area (Å²) < 4.78 is 5.44. The van der Waals surface area contributed by atoms with Crippen LogP contribution in [0.2, 0.25) is 0 Å². The molecule has 0 spiro atoms. The first-order valence-corrected chi connectivity index (χ1v) is 6.43. The van der Waals surface area contributed by atoms with E-state index >= 15 is 0 Å². The minimum Gasteiger partial charge on any atom is -0.446 e. The number of nitrogen functional groups attached to an aromatic ring is 1. The van der Waals surface area contributed by atoms with Gasteiger partial charge in [-0.3, -0.25) is 4.79 Å². The number of hydrogen-bond donors (Lipinski definition) is 2. The molecule has 1 saturated carbocycles. The predicted molar refractivity (Wildman–Crippen MR) is 71.3 cm³/mol. The number of aromatic nitrogens is 1. The van der Waals surface area contributed by atoms with Crippen molar-refractivity contribution in [2.75, 3.05) is 5.73 Å². The molecule has 0 saturated heterocycles. The second kappa shape index (κ2) is 3.73. The molecule has 1 heterocycles. The summed E-state index contributed by atoms with van der Waals surface area (Å²) in [5.74, 6) is 1.16. The average molecular weight is 259 g/mol. The Morgan fingerprint density at radius 1 is 1.58 bits per heavy atom. The van der Waals surface area contributed by atoms with Gasteiger partial charge in [-0.25, -0.2) is 0 Å². The van der Waals surface area contributed by atoms with E-state index in [0.29, 0.717) is 17.3 Å². The molecule has 1 aromatic heterocycles. The quantitative estimate of drug-likeness (QED) is 0.859. The third-order valence-electron chi connectivity index (χ3n) is 4.44. The number of hydrogen-bond acceptors (Lipinski definition) is 5. The normalized spacial score (nSPS) is 32.5. The molecule has 1 unspecified atom stereocenters. The molecule has 100 valence electrons. The minimum absolute atomic E-state index is 0.0209. The highest BCUT2D eigenvalue weighted by molar-refractivity contribution is 6.06. The van der Waals surface area contributed by atoms with Gasteiger partial charge in [-0.15, -0.1) is 0 Å². The third kappa shape index (κ3) is 1.54. The molecule has 3 N–H and O–H groups in total. The van der Waals surface area contributed by atoms with Crippen molar-refractivity contribution < 1.29 is 9.21 Å². The largest absolute Gasteiger partial charge is 0.446 e. The standard InChI is InChI=1S/C14H17N3O2/c1-3-14(17-9-5-4-6-10(9)18)7-13(14,2)11-12(15)16-8-19-11/h4-6,8H,3,7,15H2,1-2H3,(H,17,18)/t13?,14-/m0/s1. The number of allylic oxidation sites excluding steroid dienone is 3. The molecular weight excluding hydrogens is 242 g/mol. The Hall–Kier alpha value is -2.04. The maximum absolute atomic E-state index is 11.7. The van der Waals surface area contributed by atoms with Crippen LogP contribution in [0.1, 0.15) is 32.4 Å². The van der Waals surface area contributed by atoms with Crippen molar-refractivity contribution in [2.24, 2.45) is 0 Å². The fraction of sp³-hybridized carbons (Fsp3) is 0.429. The van der Waals surface area contributed by atoms with E-state index in [9.17, 15) is 4.79 Å². The van der Waals surface area contributed by atoms with Gasteiger partial charge in [-0.2, -0.15) is 4.98 Å². The Labute approximate surface area is 111 Å². The monoisotopic (exact) mass is 259 g/mol. The van der Waals surface area contributed by atoms with Crippen LogP contribution in [0.5, 0.6) is 0 Å². The van der Waals surface area contributed by atoms with Crippen LogP contribution in [-0.4, -0.2) is 16.3 Å². The molecule has 0 aliphatic heterocycles. The first kappa shape index (κ1) is 12.0. The van der Waals surface area contributed by atoms with E-state index in [4.69, 9.17) is 10.2 Å². The van der Waals surface area contributed by atoms with Crippen LogP contribution in [0.25, 0.3) is 0 Å². The SMILES string of the molecule is CC[C@]1(NC2=CC=CC2=O)CC1(C)c1ocnc1N. The summed E-state index contributed by atoms with van der Waals surface area (Å²) in [5, 5.41) is 3.38. The van der Waals surface area contributed by atoms with E-state index in [0.717, 1.165) is 12.8 Å². The van der Waals surface area contributed by atoms with Crippen LogP contribution in [0.4, 0.5) is 5.82 Å². The van der Waals surface area contributed by atoms with Gasteiger partial charge in [0.15, 0.2) is 18.0 Å². The number of ketones is 1. The number of oxazole rings is 1. The van der Waals surface area contributed by atoms with Crippen molar-refractivity contribution in [3.05, 3.63) is 36.1 Å². The van der Waals surface area contributed by atoms with Crippen molar-refractivity contribution >= 4 is 11.6 Å². The first-order valence-electron chi connectivity index (χ1n) is 6.43. The van der Waals surface area contributed by atoms with Crippen LogP contribution in [0.15, 0.2) is 34.7 Å². The van der Waals surface area contributed by atoms with E-state index in [1.807, 2.05) is 6.08 Å². The number of nitrogens with one attached hydrogen (secondary N) is 1. The van der Waals surface area contributed by atoms with E-state index in [2.05, 4.69) is 24.1 Å². The highest BCUT2D eigenvalue weighted by Crippen LogP contribution is 2.60. The van der Waals surface area contributed by atoms with Crippen molar-refractivity contribution in [3.8, 4) is 0 Å². The molecule has 1 fully saturated rings. The molecule has 5 nitrogen and oxygen atoms in total. The summed E-state index contributed by atoms with van der Waals surface area (Å²) in [6.45, 7) is 4.19. The molecule has 3 rings (SSSR count).